The average Bonchev–Trinajstić information content (AvgIpc) is 2.65. The normalized spacial score (nSPS) is 20.0. The van der Waals surface area contributed by atoms with Crippen LogP contribution in [0.25, 0.3) is 0 Å². The Morgan fingerprint density at radius 2 is 1.88 bits per heavy atom. The largest absolute Gasteiger partial charge is 0.494 e. The maximum atomic E-state index is 12.4. The molecule has 26 heavy (non-hydrogen) atoms. The lowest BCUT2D eigenvalue weighted by atomic mass is 10.1. The molecule has 1 aliphatic heterocycles. The first kappa shape index (κ1) is 20.4. The Morgan fingerprint density at radius 1 is 1.15 bits per heavy atom. The maximum Gasteiger partial charge on any atom is 0.223 e. The molecule has 0 saturated carbocycles. The number of nitrogens with zero attached hydrogens (tertiary/aromatic N) is 1. The second-order valence-corrected chi connectivity index (χ2v) is 7.04. The number of ether oxygens (including phenoxy) is 2. The van der Waals surface area contributed by atoms with Crippen molar-refractivity contribution in [3.63, 3.8) is 0 Å². The van der Waals surface area contributed by atoms with E-state index in [1.807, 2.05) is 30.9 Å². The molecule has 5 nitrogen and oxygen atoms in total. The van der Waals surface area contributed by atoms with Crippen LogP contribution in [0.4, 0.5) is 0 Å². The van der Waals surface area contributed by atoms with E-state index in [1.54, 1.807) is 12.1 Å². The van der Waals surface area contributed by atoms with Gasteiger partial charge in [-0.25, -0.2) is 0 Å². The van der Waals surface area contributed by atoms with Gasteiger partial charge in [-0.1, -0.05) is 19.8 Å². The van der Waals surface area contributed by atoms with Crippen LogP contribution in [0.3, 0.4) is 0 Å². The molecule has 0 aliphatic carbocycles. The molecular formula is C21H31NO4. The lowest BCUT2D eigenvalue weighted by Gasteiger charge is -2.36. The quantitative estimate of drug-likeness (QED) is 0.495. The second kappa shape index (κ2) is 10.3. The summed E-state index contributed by atoms with van der Waals surface area (Å²) in [4.78, 5) is 26.6. The summed E-state index contributed by atoms with van der Waals surface area (Å²) in [6, 6.07) is 7.28. The number of unbranched alkanes of at least 4 members (excludes halogenated alkanes) is 2. The van der Waals surface area contributed by atoms with Gasteiger partial charge in [0.15, 0.2) is 5.78 Å². The summed E-state index contributed by atoms with van der Waals surface area (Å²) in [7, 11) is 0. The molecule has 0 N–H and O–H groups in total. The Bertz CT molecular complexity index is 584. The smallest absolute Gasteiger partial charge is 0.223 e. The molecule has 144 valence electrons. The number of carbonyl (C=O) groups excluding carboxylic acids is 2. The van der Waals surface area contributed by atoms with Crippen molar-refractivity contribution < 1.29 is 19.1 Å². The van der Waals surface area contributed by atoms with Crippen LogP contribution in [0, 0.1) is 0 Å². The summed E-state index contributed by atoms with van der Waals surface area (Å²) in [5.41, 5.74) is 0.627. The second-order valence-electron chi connectivity index (χ2n) is 7.04. The fourth-order valence-corrected chi connectivity index (χ4v) is 3.04. The van der Waals surface area contributed by atoms with Crippen molar-refractivity contribution >= 4 is 11.7 Å². The highest BCUT2D eigenvalue weighted by Gasteiger charge is 2.27. The van der Waals surface area contributed by atoms with Crippen molar-refractivity contribution in [3.8, 4) is 5.75 Å². The number of hydrogen-bond acceptors (Lipinski definition) is 4. The van der Waals surface area contributed by atoms with Gasteiger partial charge in [0.2, 0.25) is 5.91 Å². The summed E-state index contributed by atoms with van der Waals surface area (Å²) in [6.07, 6.45) is 3.88. The Balaban J connectivity index is 1.79. The van der Waals surface area contributed by atoms with Crippen LogP contribution in [0.5, 0.6) is 5.75 Å². The summed E-state index contributed by atoms with van der Waals surface area (Å²) < 4.78 is 11.2. The van der Waals surface area contributed by atoms with Gasteiger partial charge in [0.05, 0.1) is 25.4 Å². The topological polar surface area (TPSA) is 55.8 Å². The Hall–Kier alpha value is -1.88. The molecule has 0 aromatic heterocycles. The molecule has 2 unspecified atom stereocenters. The third-order valence-corrected chi connectivity index (χ3v) is 4.69. The SMILES string of the molecule is CCCCCOc1ccc(C(=O)CCC(=O)N2CC(C)OCC2C)cc1. The van der Waals surface area contributed by atoms with Crippen molar-refractivity contribution in [2.45, 2.75) is 65.0 Å². The van der Waals surface area contributed by atoms with Crippen LogP contribution in [0.15, 0.2) is 24.3 Å². The first-order valence-corrected chi connectivity index (χ1v) is 9.68. The Morgan fingerprint density at radius 3 is 2.58 bits per heavy atom. The minimum Gasteiger partial charge on any atom is -0.494 e. The molecule has 0 radical (unpaired) electrons. The zero-order chi connectivity index (χ0) is 18.9. The number of morpholine rings is 1. The van der Waals surface area contributed by atoms with E-state index in [1.165, 1.54) is 0 Å². The van der Waals surface area contributed by atoms with E-state index in [2.05, 4.69) is 6.92 Å². The van der Waals surface area contributed by atoms with Crippen molar-refractivity contribution in [2.24, 2.45) is 0 Å². The Kier molecular flexibility index (Phi) is 8.10. The molecular weight excluding hydrogens is 330 g/mol. The lowest BCUT2D eigenvalue weighted by Crippen LogP contribution is -2.50. The zero-order valence-electron chi connectivity index (χ0n) is 16.2. The average molecular weight is 361 g/mol. The molecule has 1 fully saturated rings. The van der Waals surface area contributed by atoms with Gasteiger partial charge in [0.1, 0.15) is 5.75 Å². The van der Waals surface area contributed by atoms with Gasteiger partial charge >= 0.3 is 0 Å². The van der Waals surface area contributed by atoms with Crippen molar-refractivity contribution in [1.82, 2.24) is 4.90 Å². The molecule has 1 amide bonds. The van der Waals surface area contributed by atoms with Crippen LogP contribution in [-0.2, 0) is 9.53 Å². The molecule has 2 atom stereocenters. The lowest BCUT2D eigenvalue weighted by molar-refractivity contribution is -0.143. The van der Waals surface area contributed by atoms with Gasteiger partial charge in [-0.05, 0) is 44.5 Å². The van der Waals surface area contributed by atoms with Crippen molar-refractivity contribution in [3.05, 3.63) is 29.8 Å². The summed E-state index contributed by atoms with van der Waals surface area (Å²) >= 11 is 0. The van der Waals surface area contributed by atoms with Gasteiger partial charge in [-0.15, -0.1) is 0 Å². The van der Waals surface area contributed by atoms with Gasteiger partial charge in [0.25, 0.3) is 0 Å². The van der Waals surface area contributed by atoms with E-state index in [0.717, 1.165) is 25.0 Å². The summed E-state index contributed by atoms with van der Waals surface area (Å²) in [5.74, 6) is 0.798. The van der Waals surface area contributed by atoms with Gasteiger partial charge < -0.3 is 14.4 Å². The summed E-state index contributed by atoms with van der Waals surface area (Å²) in [6.45, 7) is 7.95. The molecule has 0 spiro atoms. The predicted molar refractivity (Wildman–Crippen MR) is 102 cm³/mol. The molecule has 0 bridgehead atoms. The molecule has 5 heteroatoms. The number of hydrogen-bond donors (Lipinski definition) is 0. The van der Waals surface area contributed by atoms with Crippen LogP contribution in [0.2, 0.25) is 0 Å². The van der Waals surface area contributed by atoms with Gasteiger partial charge in [-0.2, -0.15) is 0 Å². The van der Waals surface area contributed by atoms with Crippen LogP contribution >= 0.6 is 0 Å². The first-order valence-electron chi connectivity index (χ1n) is 9.68. The summed E-state index contributed by atoms with van der Waals surface area (Å²) in [5, 5.41) is 0. The minimum absolute atomic E-state index is 0.00940. The number of benzene rings is 1. The van der Waals surface area contributed by atoms with Crippen LogP contribution < -0.4 is 4.74 Å². The fraction of sp³-hybridized carbons (Fsp3) is 0.619. The molecule has 1 aliphatic rings. The molecule has 2 rings (SSSR count). The van der Waals surface area contributed by atoms with Crippen LogP contribution in [-0.4, -0.2) is 48.5 Å². The predicted octanol–water partition coefficient (Wildman–Crippen LogP) is 3.85. The van der Waals surface area contributed by atoms with Crippen LogP contribution in [0.1, 0.15) is 63.2 Å². The maximum absolute atomic E-state index is 12.4. The Labute approximate surface area is 156 Å². The zero-order valence-corrected chi connectivity index (χ0v) is 16.2. The van der Waals surface area contributed by atoms with Gasteiger partial charge in [0, 0.05) is 24.9 Å². The highest BCUT2D eigenvalue weighted by atomic mass is 16.5. The number of Topliss-reactive ketones (excluding diaryl/α,β-unsaturated/α-hetero) is 1. The minimum atomic E-state index is -0.00940. The van der Waals surface area contributed by atoms with E-state index < -0.39 is 0 Å². The van der Waals surface area contributed by atoms with Crippen molar-refractivity contribution in [2.75, 3.05) is 19.8 Å². The van der Waals surface area contributed by atoms with Crippen molar-refractivity contribution in [1.29, 1.82) is 0 Å². The molecule has 1 aromatic rings. The third kappa shape index (κ3) is 6.13. The number of rotatable bonds is 9. The molecule has 1 saturated heterocycles. The number of carbonyl (C=O) groups is 2. The monoisotopic (exact) mass is 361 g/mol. The standard InChI is InChI=1S/C21H31NO4/c1-4-5-6-13-25-19-9-7-18(8-10-19)20(23)11-12-21(24)22-14-17(3)26-15-16(22)2/h7-10,16-17H,4-6,11-15H2,1-3H3. The van der Waals surface area contributed by atoms with E-state index in [-0.39, 0.29) is 36.7 Å². The van der Waals surface area contributed by atoms with E-state index in [9.17, 15) is 9.59 Å². The number of ketones is 1. The number of amides is 1. The third-order valence-electron chi connectivity index (χ3n) is 4.69. The first-order chi connectivity index (χ1) is 12.5. The fourth-order valence-electron chi connectivity index (χ4n) is 3.04. The van der Waals surface area contributed by atoms with Gasteiger partial charge in [-0.3, -0.25) is 9.59 Å². The van der Waals surface area contributed by atoms with E-state index >= 15 is 0 Å². The molecule has 1 aromatic carbocycles. The molecule has 1 heterocycles. The highest BCUT2D eigenvalue weighted by Crippen LogP contribution is 2.17. The van der Waals surface area contributed by atoms with E-state index in [0.29, 0.717) is 25.3 Å². The highest BCUT2D eigenvalue weighted by molar-refractivity contribution is 5.98. The van der Waals surface area contributed by atoms with E-state index in [4.69, 9.17) is 9.47 Å².